The van der Waals surface area contributed by atoms with Gasteiger partial charge in [-0.2, -0.15) is 0 Å². The second kappa shape index (κ2) is 10.5. The molecule has 5 nitrogen and oxygen atoms in total. The van der Waals surface area contributed by atoms with Gasteiger partial charge < -0.3 is 10.6 Å². The third-order valence-electron chi connectivity index (χ3n) is 3.27. The molecule has 0 spiro atoms. The minimum Gasteiger partial charge on any atom is -0.357 e. The average molecular weight is 488 g/mol. The molecule has 0 fully saturated rings. The summed E-state index contributed by atoms with van der Waals surface area (Å²) in [6.07, 6.45) is 0. The molecule has 24 heavy (non-hydrogen) atoms. The van der Waals surface area contributed by atoms with Crippen molar-refractivity contribution in [1.29, 1.82) is 0 Å². The second-order valence-corrected chi connectivity index (χ2v) is 9.48. The lowest BCUT2D eigenvalue weighted by atomic mass is 10.2. The Labute approximate surface area is 167 Å². The van der Waals surface area contributed by atoms with E-state index in [2.05, 4.69) is 15.6 Å². The molecule has 0 aliphatic heterocycles. The Hall–Kier alpha value is -0.540. The topological polar surface area (TPSA) is 70.6 Å². The van der Waals surface area contributed by atoms with Gasteiger partial charge >= 0.3 is 0 Å². The van der Waals surface area contributed by atoms with Crippen LogP contribution in [0.2, 0.25) is 5.02 Å². The van der Waals surface area contributed by atoms with Gasteiger partial charge in [0.25, 0.3) is 0 Å². The molecule has 0 aliphatic rings. The van der Waals surface area contributed by atoms with E-state index < -0.39 is 14.6 Å². The lowest BCUT2D eigenvalue weighted by Crippen LogP contribution is -2.41. The van der Waals surface area contributed by atoms with Crippen molar-refractivity contribution < 1.29 is 8.42 Å². The van der Waals surface area contributed by atoms with E-state index in [1.165, 1.54) is 0 Å². The number of aliphatic imine (C=N–C) groups is 1. The summed E-state index contributed by atoms with van der Waals surface area (Å²) in [4.78, 5) is 4.45. The number of hydrogen-bond acceptors (Lipinski definition) is 3. The van der Waals surface area contributed by atoms with Gasteiger partial charge in [0.05, 0.1) is 17.0 Å². The van der Waals surface area contributed by atoms with Crippen molar-refractivity contribution in [1.82, 2.24) is 10.6 Å². The van der Waals surface area contributed by atoms with Gasteiger partial charge in [-0.05, 0) is 45.4 Å². The Balaban J connectivity index is 0.00000529. The molecule has 0 bridgehead atoms. The third-order valence-corrected chi connectivity index (χ3v) is 6.13. The van der Waals surface area contributed by atoms with Crippen LogP contribution in [0.1, 0.15) is 33.3 Å². The second-order valence-electron chi connectivity index (χ2n) is 6.18. The molecule has 1 aromatic carbocycles. The van der Waals surface area contributed by atoms with Crippen LogP contribution in [0.25, 0.3) is 0 Å². The zero-order valence-corrected chi connectivity index (χ0v) is 18.5. The first-order chi connectivity index (χ1) is 10.7. The van der Waals surface area contributed by atoms with Crippen LogP contribution in [0.15, 0.2) is 29.3 Å². The van der Waals surface area contributed by atoms with Crippen LogP contribution < -0.4 is 10.6 Å². The zero-order chi connectivity index (χ0) is 17.5. The van der Waals surface area contributed by atoms with Crippen LogP contribution >= 0.6 is 35.6 Å². The lowest BCUT2D eigenvalue weighted by Gasteiger charge is -2.19. The van der Waals surface area contributed by atoms with E-state index in [-0.39, 0.29) is 29.7 Å². The number of hydrogen-bond donors (Lipinski definition) is 2. The predicted molar refractivity (Wildman–Crippen MR) is 113 cm³/mol. The fourth-order valence-electron chi connectivity index (χ4n) is 1.71. The molecule has 0 saturated heterocycles. The molecule has 0 aliphatic carbocycles. The SMILES string of the molecule is CCNC(=NCc1ccc(Cl)cc1)NCCS(=O)(=O)C(C)(C)C.I. The van der Waals surface area contributed by atoms with Gasteiger partial charge in [0, 0.05) is 18.1 Å². The zero-order valence-electron chi connectivity index (χ0n) is 14.6. The molecule has 138 valence electrons. The maximum Gasteiger partial charge on any atom is 0.191 e. The maximum absolute atomic E-state index is 12.1. The van der Waals surface area contributed by atoms with Crippen LogP contribution in [0.4, 0.5) is 0 Å². The fraction of sp³-hybridized carbons (Fsp3) is 0.562. The van der Waals surface area contributed by atoms with Gasteiger partial charge in [-0.1, -0.05) is 23.7 Å². The van der Waals surface area contributed by atoms with Crippen LogP contribution in [0.5, 0.6) is 0 Å². The number of sulfone groups is 1. The first-order valence-corrected chi connectivity index (χ1v) is 9.67. The van der Waals surface area contributed by atoms with E-state index in [4.69, 9.17) is 11.6 Å². The molecule has 0 unspecified atom stereocenters. The van der Waals surface area contributed by atoms with E-state index in [1.807, 2.05) is 31.2 Å². The van der Waals surface area contributed by atoms with Crippen molar-refractivity contribution in [3.63, 3.8) is 0 Å². The van der Waals surface area contributed by atoms with Crippen LogP contribution in [0, 0.1) is 0 Å². The average Bonchev–Trinajstić information content (AvgIpc) is 2.45. The highest BCUT2D eigenvalue weighted by atomic mass is 127. The van der Waals surface area contributed by atoms with Crippen molar-refractivity contribution in [2.24, 2.45) is 4.99 Å². The fourth-order valence-corrected chi connectivity index (χ4v) is 2.82. The molecule has 0 aromatic heterocycles. The Kier molecular flexibility index (Phi) is 10.2. The molecule has 2 N–H and O–H groups in total. The van der Waals surface area contributed by atoms with Crippen molar-refractivity contribution >= 4 is 51.4 Å². The predicted octanol–water partition coefficient (Wildman–Crippen LogP) is 3.23. The highest BCUT2D eigenvalue weighted by molar-refractivity contribution is 14.0. The van der Waals surface area contributed by atoms with Gasteiger partial charge in [-0.3, -0.25) is 0 Å². The van der Waals surface area contributed by atoms with Crippen LogP contribution in [-0.2, 0) is 16.4 Å². The lowest BCUT2D eigenvalue weighted by molar-refractivity contribution is 0.559. The molecular formula is C16H27ClIN3O2S. The molecule has 1 rings (SSSR count). The van der Waals surface area contributed by atoms with Gasteiger partial charge in [-0.15, -0.1) is 24.0 Å². The summed E-state index contributed by atoms with van der Waals surface area (Å²) >= 11 is 5.85. The van der Waals surface area contributed by atoms with Gasteiger partial charge in [-0.25, -0.2) is 13.4 Å². The van der Waals surface area contributed by atoms with E-state index in [0.717, 1.165) is 5.56 Å². The Morgan fingerprint density at radius 3 is 2.25 bits per heavy atom. The smallest absolute Gasteiger partial charge is 0.191 e. The van der Waals surface area contributed by atoms with Crippen LogP contribution in [-0.4, -0.2) is 38.0 Å². The first-order valence-electron chi connectivity index (χ1n) is 7.64. The molecule has 1 aromatic rings. The van der Waals surface area contributed by atoms with Crippen LogP contribution in [0.3, 0.4) is 0 Å². The number of nitrogens with one attached hydrogen (secondary N) is 2. The van der Waals surface area contributed by atoms with Gasteiger partial charge in [0.15, 0.2) is 15.8 Å². The minimum absolute atomic E-state index is 0. The molecule has 0 amide bonds. The van der Waals surface area contributed by atoms with Crippen molar-refractivity contribution in [3.05, 3.63) is 34.9 Å². The number of benzene rings is 1. The van der Waals surface area contributed by atoms with E-state index in [1.54, 1.807) is 20.8 Å². The molecule has 0 saturated carbocycles. The first kappa shape index (κ1) is 23.5. The highest BCUT2D eigenvalue weighted by Gasteiger charge is 2.28. The largest absolute Gasteiger partial charge is 0.357 e. The monoisotopic (exact) mass is 487 g/mol. The van der Waals surface area contributed by atoms with Gasteiger partial charge in [0.2, 0.25) is 0 Å². The quantitative estimate of drug-likeness (QED) is 0.367. The normalized spacial score (nSPS) is 12.5. The number of nitrogens with zero attached hydrogens (tertiary/aromatic N) is 1. The molecular weight excluding hydrogens is 461 g/mol. The maximum atomic E-state index is 12.1. The Bertz CT molecular complexity index is 626. The van der Waals surface area contributed by atoms with Crippen molar-refractivity contribution in [2.45, 2.75) is 39.0 Å². The Morgan fingerprint density at radius 2 is 1.75 bits per heavy atom. The van der Waals surface area contributed by atoms with Gasteiger partial charge in [0.1, 0.15) is 0 Å². The van der Waals surface area contributed by atoms with E-state index in [0.29, 0.717) is 30.6 Å². The Morgan fingerprint density at radius 1 is 1.17 bits per heavy atom. The van der Waals surface area contributed by atoms with Crippen molar-refractivity contribution in [3.8, 4) is 0 Å². The highest BCUT2D eigenvalue weighted by Crippen LogP contribution is 2.15. The van der Waals surface area contributed by atoms with E-state index in [9.17, 15) is 8.42 Å². The molecule has 0 radical (unpaired) electrons. The number of halogens is 2. The molecule has 0 atom stereocenters. The summed E-state index contributed by atoms with van der Waals surface area (Å²) in [5.41, 5.74) is 1.04. The summed E-state index contributed by atoms with van der Waals surface area (Å²) in [6.45, 7) is 8.63. The molecule has 8 heteroatoms. The minimum atomic E-state index is -3.14. The van der Waals surface area contributed by atoms with E-state index >= 15 is 0 Å². The number of guanidine groups is 1. The summed E-state index contributed by atoms with van der Waals surface area (Å²) in [6, 6.07) is 7.48. The summed E-state index contributed by atoms with van der Waals surface area (Å²) in [5, 5.41) is 6.86. The summed E-state index contributed by atoms with van der Waals surface area (Å²) in [5.74, 6) is 0.675. The standard InChI is InChI=1S/C16H26ClN3O2S.HI/c1-5-18-15(19-10-11-23(21,22)16(2,3)4)20-12-13-6-8-14(17)9-7-13;/h6-9H,5,10-12H2,1-4H3,(H2,18,19,20);1H. The van der Waals surface area contributed by atoms with Crippen molar-refractivity contribution in [2.75, 3.05) is 18.8 Å². The number of rotatable bonds is 6. The summed E-state index contributed by atoms with van der Waals surface area (Å²) < 4.78 is 23.4. The molecule has 0 heterocycles. The third kappa shape index (κ3) is 8.02. The summed E-state index contributed by atoms with van der Waals surface area (Å²) in [7, 11) is -3.14.